The number of hydrogen-bond donors (Lipinski definition) is 0. The van der Waals surface area contributed by atoms with Gasteiger partial charge < -0.3 is 9.64 Å². The first-order valence-corrected chi connectivity index (χ1v) is 9.48. The number of carbonyl (C=O) groups is 1. The molecule has 1 amide bonds. The van der Waals surface area contributed by atoms with Gasteiger partial charge >= 0.3 is 0 Å². The summed E-state index contributed by atoms with van der Waals surface area (Å²) in [6.07, 6.45) is 1.77. The molecule has 0 atom stereocenters. The van der Waals surface area contributed by atoms with Gasteiger partial charge in [-0.3, -0.25) is 9.48 Å². The van der Waals surface area contributed by atoms with Crippen LogP contribution in [0.4, 0.5) is 0 Å². The van der Waals surface area contributed by atoms with E-state index < -0.39 is 0 Å². The fourth-order valence-corrected chi connectivity index (χ4v) is 3.62. The molecule has 0 radical (unpaired) electrons. The van der Waals surface area contributed by atoms with E-state index in [2.05, 4.69) is 5.10 Å². The minimum Gasteiger partial charge on any atom is -0.489 e. The molecule has 2 aromatic heterocycles. The van der Waals surface area contributed by atoms with Crippen LogP contribution < -0.4 is 4.74 Å². The lowest BCUT2D eigenvalue weighted by Crippen LogP contribution is -2.26. The molecule has 3 rings (SSSR count). The summed E-state index contributed by atoms with van der Waals surface area (Å²) >= 11 is 1.45. The second-order valence-corrected chi connectivity index (χ2v) is 7.08. The molecule has 2 heterocycles. The average Bonchev–Trinajstić information content (AvgIpc) is 3.29. The molecule has 1 aromatic carbocycles. The third-order valence-corrected chi connectivity index (χ3v) is 5.17. The first kappa shape index (κ1) is 18.2. The molecule has 6 heteroatoms. The van der Waals surface area contributed by atoms with E-state index in [0.717, 1.165) is 34.0 Å². The number of carbonyl (C=O) groups excluding carboxylic acids is 1. The summed E-state index contributed by atoms with van der Waals surface area (Å²) in [5.74, 6) is 0.887. The SMILES string of the molecule is CCn1nccc1CN(C)C(=O)c1cc(COc2ccccc2C)cs1. The van der Waals surface area contributed by atoms with Crippen molar-refractivity contribution in [2.45, 2.75) is 33.5 Å². The maximum Gasteiger partial charge on any atom is 0.264 e. The maximum atomic E-state index is 12.7. The number of hydrogen-bond acceptors (Lipinski definition) is 4. The van der Waals surface area contributed by atoms with Gasteiger partial charge in [-0.25, -0.2) is 0 Å². The number of rotatable bonds is 7. The van der Waals surface area contributed by atoms with E-state index in [4.69, 9.17) is 4.74 Å². The van der Waals surface area contributed by atoms with Gasteiger partial charge in [0.05, 0.1) is 17.1 Å². The van der Waals surface area contributed by atoms with Gasteiger partial charge in [-0.2, -0.15) is 5.10 Å². The molecule has 3 aromatic rings. The summed E-state index contributed by atoms with van der Waals surface area (Å²) in [5, 5.41) is 6.23. The zero-order valence-electron chi connectivity index (χ0n) is 15.3. The smallest absolute Gasteiger partial charge is 0.264 e. The van der Waals surface area contributed by atoms with E-state index in [1.54, 1.807) is 11.1 Å². The van der Waals surface area contributed by atoms with Gasteiger partial charge in [-0.05, 0) is 43.0 Å². The van der Waals surface area contributed by atoms with Crippen LogP contribution in [-0.2, 0) is 19.7 Å². The molecule has 5 nitrogen and oxygen atoms in total. The van der Waals surface area contributed by atoms with Crippen LogP contribution in [0.2, 0.25) is 0 Å². The first-order valence-electron chi connectivity index (χ1n) is 8.60. The number of aromatic nitrogens is 2. The van der Waals surface area contributed by atoms with Crippen molar-refractivity contribution in [3.8, 4) is 5.75 Å². The van der Waals surface area contributed by atoms with E-state index in [1.165, 1.54) is 11.3 Å². The summed E-state index contributed by atoms with van der Waals surface area (Å²) in [4.78, 5) is 15.1. The van der Waals surface area contributed by atoms with Crippen LogP contribution in [-0.4, -0.2) is 27.6 Å². The molecule has 0 fully saturated rings. The predicted octanol–water partition coefficient (Wildman–Crippen LogP) is 4.12. The highest BCUT2D eigenvalue weighted by Gasteiger charge is 2.16. The Labute approximate surface area is 157 Å². The second kappa shape index (κ2) is 8.19. The Morgan fingerprint density at radius 2 is 2.12 bits per heavy atom. The number of ether oxygens (including phenoxy) is 1. The van der Waals surface area contributed by atoms with Gasteiger partial charge in [-0.1, -0.05) is 18.2 Å². The number of amides is 1. The quantitative estimate of drug-likeness (QED) is 0.629. The van der Waals surface area contributed by atoms with Crippen LogP contribution in [0.3, 0.4) is 0 Å². The minimum atomic E-state index is 0.0148. The van der Waals surface area contributed by atoms with Crippen molar-refractivity contribution in [2.24, 2.45) is 0 Å². The summed E-state index contributed by atoms with van der Waals surface area (Å²) in [6.45, 7) is 5.86. The summed E-state index contributed by atoms with van der Waals surface area (Å²) in [7, 11) is 1.82. The van der Waals surface area contributed by atoms with Crippen molar-refractivity contribution in [3.05, 3.63) is 69.7 Å². The second-order valence-electron chi connectivity index (χ2n) is 6.17. The molecular formula is C20H23N3O2S. The predicted molar refractivity (Wildman–Crippen MR) is 104 cm³/mol. The molecule has 0 unspecified atom stereocenters. The van der Waals surface area contributed by atoms with Crippen LogP contribution in [0.15, 0.2) is 48.0 Å². The largest absolute Gasteiger partial charge is 0.489 e. The third kappa shape index (κ3) is 4.14. The van der Waals surface area contributed by atoms with Gasteiger partial charge in [0.2, 0.25) is 0 Å². The molecule has 0 aliphatic heterocycles. The summed E-state index contributed by atoms with van der Waals surface area (Å²) < 4.78 is 7.76. The molecule has 136 valence electrons. The fraction of sp³-hybridized carbons (Fsp3) is 0.300. The fourth-order valence-electron chi connectivity index (χ4n) is 2.72. The molecule has 0 aliphatic carbocycles. The number of para-hydroxylation sites is 1. The topological polar surface area (TPSA) is 47.4 Å². The maximum absolute atomic E-state index is 12.7. The molecule has 0 saturated heterocycles. The Morgan fingerprint density at radius 1 is 1.31 bits per heavy atom. The van der Waals surface area contributed by atoms with E-state index >= 15 is 0 Å². The van der Waals surface area contributed by atoms with Crippen LogP contribution in [0.25, 0.3) is 0 Å². The Bertz CT molecular complexity index is 885. The van der Waals surface area contributed by atoms with Gasteiger partial charge in [0.1, 0.15) is 12.4 Å². The van der Waals surface area contributed by atoms with Crippen LogP contribution in [0.1, 0.15) is 33.4 Å². The van der Waals surface area contributed by atoms with Crippen LogP contribution >= 0.6 is 11.3 Å². The zero-order valence-corrected chi connectivity index (χ0v) is 16.1. The number of aryl methyl sites for hydroxylation is 2. The van der Waals surface area contributed by atoms with E-state index in [1.807, 2.05) is 67.4 Å². The first-order chi connectivity index (χ1) is 12.6. The Morgan fingerprint density at radius 3 is 2.88 bits per heavy atom. The third-order valence-electron chi connectivity index (χ3n) is 4.20. The molecule has 0 spiro atoms. The number of nitrogens with zero attached hydrogens (tertiary/aromatic N) is 3. The standard InChI is InChI=1S/C20H23N3O2S/c1-4-23-17(9-10-21-23)12-22(3)20(24)19-11-16(14-26-19)13-25-18-8-6-5-7-15(18)2/h5-11,14H,4,12-13H2,1-3H3. The number of benzene rings is 1. The van der Waals surface area contributed by atoms with Crippen molar-refractivity contribution in [3.63, 3.8) is 0 Å². The van der Waals surface area contributed by atoms with Crippen LogP contribution in [0.5, 0.6) is 5.75 Å². The van der Waals surface area contributed by atoms with Gasteiger partial charge in [0, 0.05) is 25.4 Å². The molecule has 0 N–H and O–H groups in total. The Kier molecular flexibility index (Phi) is 5.73. The summed E-state index contributed by atoms with van der Waals surface area (Å²) in [6, 6.07) is 11.8. The van der Waals surface area contributed by atoms with Gasteiger partial charge in [-0.15, -0.1) is 11.3 Å². The summed E-state index contributed by atoms with van der Waals surface area (Å²) in [5.41, 5.74) is 3.14. The minimum absolute atomic E-state index is 0.0148. The lowest BCUT2D eigenvalue weighted by molar-refractivity contribution is 0.0786. The van der Waals surface area contributed by atoms with E-state index in [9.17, 15) is 4.79 Å². The molecule has 0 bridgehead atoms. The van der Waals surface area contributed by atoms with Gasteiger partial charge in [0.15, 0.2) is 0 Å². The molecule has 0 aliphatic rings. The highest BCUT2D eigenvalue weighted by Crippen LogP contribution is 2.21. The molecule has 0 saturated carbocycles. The van der Waals surface area contributed by atoms with E-state index in [-0.39, 0.29) is 5.91 Å². The molecule has 26 heavy (non-hydrogen) atoms. The lowest BCUT2D eigenvalue weighted by Gasteiger charge is -2.16. The lowest BCUT2D eigenvalue weighted by atomic mass is 10.2. The van der Waals surface area contributed by atoms with Crippen molar-refractivity contribution in [1.82, 2.24) is 14.7 Å². The number of thiophene rings is 1. The zero-order chi connectivity index (χ0) is 18.5. The van der Waals surface area contributed by atoms with Crippen molar-refractivity contribution in [2.75, 3.05) is 7.05 Å². The van der Waals surface area contributed by atoms with E-state index in [0.29, 0.717) is 13.2 Å². The monoisotopic (exact) mass is 369 g/mol. The van der Waals surface area contributed by atoms with Crippen molar-refractivity contribution >= 4 is 17.2 Å². The highest BCUT2D eigenvalue weighted by molar-refractivity contribution is 7.12. The highest BCUT2D eigenvalue weighted by atomic mass is 32.1. The van der Waals surface area contributed by atoms with Crippen molar-refractivity contribution < 1.29 is 9.53 Å². The normalized spacial score (nSPS) is 10.7. The van der Waals surface area contributed by atoms with Crippen molar-refractivity contribution in [1.29, 1.82) is 0 Å². The Hall–Kier alpha value is -2.60. The molecular weight excluding hydrogens is 346 g/mol. The van der Waals surface area contributed by atoms with Gasteiger partial charge in [0.25, 0.3) is 5.91 Å². The average molecular weight is 369 g/mol. The van der Waals surface area contributed by atoms with Crippen LogP contribution in [0, 0.1) is 6.92 Å². The Balaban J connectivity index is 1.61.